The molecule has 4 rings (SSSR count). The molecule has 4 aromatic rings. The second-order valence-corrected chi connectivity index (χ2v) is 8.77. The van der Waals surface area contributed by atoms with Crippen LogP contribution in [0.3, 0.4) is 0 Å². The molecule has 0 unspecified atom stereocenters. The molecule has 0 spiro atoms. The normalized spacial score (nSPS) is 11.3. The largest absolute Gasteiger partial charge is 0.351 e. The molecule has 3 aromatic carbocycles. The molecule has 0 aliphatic heterocycles. The van der Waals surface area contributed by atoms with Gasteiger partial charge in [0, 0.05) is 12.6 Å². The molecular weight excluding hydrogens is 349 g/mol. The maximum atomic E-state index is 2.34. The Balaban J connectivity index is 2.12. The van der Waals surface area contributed by atoms with Crippen LogP contribution in [0.15, 0.2) is 54.7 Å². The molecule has 0 aliphatic carbocycles. The van der Waals surface area contributed by atoms with Crippen LogP contribution >= 0.6 is 0 Å². The molecule has 0 amide bonds. The predicted molar refractivity (Wildman–Crippen MR) is 129 cm³/mol. The van der Waals surface area contributed by atoms with Crippen LogP contribution in [0, 0.1) is 41.5 Å². The van der Waals surface area contributed by atoms with Crippen LogP contribution in [-0.4, -0.2) is 11.3 Å². The lowest BCUT2D eigenvalue weighted by molar-refractivity contribution is 0.972. The van der Waals surface area contributed by atoms with E-state index < -0.39 is 0 Å². The SMILES string of the molecule is Cc1cc(C)c(B(c2c(C)cc(C)cc2C)c2cn(C)c3ccccc23)c(C)c1. The van der Waals surface area contributed by atoms with E-state index in [1.54, 1.807) is 0 Å². The third-order valence-electron chi connectivity index (χ3n) is 6.29. The van der Waals surface area contributed by atoms with Crippen molar-refractivity contribution in [2.24, 2.45) is 7.05 Å². The van der Waals surface area contributed by atoms with Crippen molar-refractivity contribution in [1.82, 2.24) is 4.57 Å². The highest BCUT2D eigenvalue weighted by Gasteiger charge is 2.30. The highest BCUT2D eigenvalue weighted by atomic mass is 14.9. The van der Waals surface area contributed by atoms with E-state index >= 15 is 0 Å². The maximum Gasteiger partial charge on any atom is 0.245 e. The number of fused-ring (bicyclic) bond motifs is 1. The van der Waals surface area contributed by atoms with Gasteiger partial charge in [-0.05, 0) is 64.7 Å². The summed E-state index contributed by atoms with van der Waals surface area (Å²) in [5.41, 5.74) is 13.7. The molecule has 29 heavy (non-hydrogen) atoms. The number of aryl methyl sites for hydroxylation is 7. The van der Waals surface area contributed by atoms with Crippen molar-refractivity contribution in [3.05, 3.63) is 88.1 Å². The van der Waals surface area contributed by atoms with Gasteiger partial charge in [-0.2, -0.15) is 0 Å². The Labute approximate surface area is 175 Å². The lowest BCUT2D eigenvalue weighted by Crippen LogP contribution is -2.55. The molecular formula is C27H30BN. The first kappa shape index (κ1) is 19.6. The zero-order valence-corrected chi connectivity index (χ0v) is 18.7. The summed E-state index contributed by atoms with van der Waals surface area (Å²) in [5, 5.41) is 1.35. The van der Waals surface area contributed by atoms with Crippen LogP contribution in [0.2, 0.25) is 0 Å². The number of aromatic nitrogens is 1. The van der Waals surface area contributed by atoms with E-state index in [1.165, 1.54) is 60.7 Å². The number of nitrogens with zero attached hydrogens (tertiary/aromatic N) is 1. The molecule has 0 radical (unpaired) electrons. The van der Waals surface area contributed by atoms with E-state index in [4.69, 9.17) is 0 Å². The van der Waals surface area contributed by atoms with E-state index in [-0.39, 0.29) is 6.71 Å². The molecule has 0 saturated carbocycles. The minimum atomic E-state index is 0.224. The van der Waals surface area contributed by atoms with E-state index in [1.807, 2.05) is 0 Å². The van der Waals surface area contributed by atoms with Crippen molar-refractivity contribution < 1.29 is 0 Å². The Morgan fingerprint density at radius 3 is 1.59 bits per heavy atom. The molecule has 0 aliphatic rings. The lowest BCUT2D eigenvalue weighted by atomic mass is 9.34. The van der Waals surface area contributed by atoms with Crippen molar-refractivity contribution in [3.63, 3.8) is 0 Å². The zero-order valence-electron chi connectivity index (χ0n) is 18.7. The number of benzene rings is 3. The number of hydrogen-bond acceptors (Lipinski definition) is 0. The zero-order chi connectivity index (χ0) is 20.9. The Morgan fingerprint density at radius 1 is 0.655 bits per heavy atom. The molecule has 2 heteroatoms. The molecule has 0 N–H and O–H groups in total. The van der Waals surface area contributed by atoms with Gasteiger partial charge >= 0.3 is 0 Å². The molecule has 0 saturated heterocycles. The molecule has 1 heterocycles. The average Bonchev–Trinajstić information content (AvgIpc) is 2.96. The fraction of sp³-hybridized carbons (Fsp3) is 0.259. The van der Waals surface area contributed by atoms with Crippen molar-refractivity contribution in [1.29, 1.82) is 0 Å². The van der Waals surface area contributed by atoms with E-state index in [2.05, 4.69) is 108 Å². The van der Waals surface area contributed by atoms with Crippen LogP contribution in [0.5, 0.6) is 0 Å². The quantitative estimate of drug-likeness (QED) is 0.461. The standard InChI is InChI=1S/C27H30BN/c1-17-12-19(3)26(20(4)13-17)28(27-21(5)14-18(2)15-22(27)6)24-16-29(7)25-11-9-8-10-23(24)25/h8-16H,1-7H3. The van der Waals surface area contributed by atoms with E-state index in [9.17, 15) is 0 Å². The molecule has 0 atom stereocenters. The van der Waals surface area contributed by atoms with Crippen molar-refractivity contribution in [2.45, 2.75) is 41.5 Å². The van der Waals surface area contributed by atoms with Crippen molar-refractivity contribution in [2.75, 3.05) is 0 Å². The first-order valence-electron chi connectivity index (χ1n) is 10.5. The first-order valence-corrected chi connectivity index (χ1v) is 10.5. The van der Waals surface area contributed by atoms with Gasteiger partial charge in [-0.15, -0.1) is 0 Å². The number of hydrogen-bond donors (Lipinski definition) is 0. The van der Waals surface area contributed by atoms with E-state index in [0.717, 1.165) is 0 Å². The Bertz CT molecular complexity index is 1130. The highest BCUT2D eigenvalue weighted by molar-refractivity contribution is 6.98. The summed E-state index contributed by atoms with van der Waals surface area (Å²) in [4.78, 5) is 0. The Hall–Kier alpha value is -2.74. The molecule has 1 nitrogen and oxygen atoms in total. The monoisotopic (exact) mass is 379 g/mol. The summed E-state index contributed by atoms with van der Waals surface area (Å²) in [6.45, 7) is 13.7. The fourth-order valence-corrected chi connectivity index (χ4v) is 5.35. The Kier molecular flexibility index (Phi) is 4.90. The van der Waals surface area contributed by atoms with Gasteiger partial charge in [-0.25, -0.2) is 0 Å². The lowest BCUT2D eigenvalue weighted by Gasteiger charge is -2.24. The van der Waals surface area contributed by atoms with Gasteiger partial charge < -0.3 is 4.57 Å². The van der Waals surface area contributed by atoms with Crippen LogP contribution in [0.4, 0.5) is 0 Å². The maximum absolute atomic E-state index is 2.34. The van der Waals surface area contributed by atoms with Crippen LogP contribution < -0.4 is 16.4 Å². The average molecular weight is 379 g/mol. The first-order chi connectivity index (χ1) is 13.8. The smallest absolute Gasteiger partial charge is 0.245 e. The van der Waals surface area contributed by atoms with Crippen LogP contribution in [-0.2, 0) is 7.05 Å². The molecule has 0 fully saturated rings. The van der Waals surface area contributed by atoms with Gasteiger partial charge in [-0.3, -0.25) is 0 Å². The third kappa shape index (κ3) is 3.31. The third-order valence-corrected chi connectivity index (χ3v) is 6.29. The molecule has 0 bridgehead atoms. The fourth-order valence-electron chi connectivity index (χ4n) is 5.35. The molecule has 146 valence electrons. The summed E-state index contributed by atoms with van der Waals surface area (Å²) in [6, 6.07) is 18.1. The summed E-state index contributed by atoms with van der Waals surface area (Å²) < 4.78 is 2.27. The summed E-state index contributed by atoms with van der Waals surface area (Å²) in [5.74, 6) is 0. The second-order valence-electron chi connectivity index (χ2n) is 8.77. The van der Waals surface area contributed by atoms with Gasteiger partial charge in [0.05, 0.1) is 0 Å². The van der Waals surface area contributed by atoms with Crippen LogP contribution in [0.25, 0.3) is 10.9 Å². The van der Waals surface area contributed by atoms with Crippen molar-refractivity contribution in [3.8, 4) is 0 Å². The van der Waals surface area contributed by atoms with Gasteiger partial charge in [0.2, 0.25) is 6.71 Å². The van der Waals surface area contributed by atoms with Gasteiger partial charge in [0.1, 0.15) is 0 Å². The minimum absolute atomic E-state index is 0.224. The second kappa shape index (κ2) is 7.26. The molecule has 1 aromatic heterocycles. The number of para-hydroxylation sites is 1. The summed E-state index contributed by atoms with van der Waals surface area (Å²) in [7, 11) is 2.16. The minimum Gasteiger partial charge on any atom is -0.351 e. The predicted octanol–water partition coefficient (Wildman–Crippen LogP) is 4.55. The summed E-state index contributed by atoms with van der Waals surface area (Å²) in [6.07, 6.45) is 2.34. The van der Waals surface area contributed by atoms with Gasteiger partial charge in [0.15, 0.2) is 0 Å². The van der Waals surface area contributed by atoms with Crippen LogP contribution in [0.1, 0.15) is 33.4 Å². The van der Waals surface area contributed by atoms with Crippen molar-refractivity contribution >= 4 is 34.0 Å². The number of rotatable bonds is 3. The topological polar surface area (TPSA) is 4.93 Å². The summed E-state index contributed by atoms with van der Waals surface area (Å²) >= 11 is 0. The van der Waals surface area contributed by atoms with E-state index in [0.29, 0.717) is 0 Å². The highest BCUT2D eigenvalue weighted by Crippen LogP contribution is 2.17. The van der Waals surface area contributed by atoms with Gasteiger partial charge in [-0.1, -0.05) is 86.8 Å². The van der Waals surface area contributed by atoms with Gasteiger partial charge in [0.25, 0.3) is 0 Å². The Morgan fingerprint density at radius 2 is 1.10 bits per heavy atom.